The van der Waals surface area contributed by atoms with E-state index in [0.717, 1.165) is 22.2 Å². The van der Waals surface area contributed by atoms with E-state index in [9.17, 15) is 0 Å². The molecule has 92 valence electrons. The summed E-state index contributed by atoms with van der Waals surface area (Å²) in [5.41, 5.74) is 6.93. The molecule has 0 aliphatic heterocycles. The molecule has 0 radical (unpaired) electrons. The molecule has 2 heteroatoms. The summed E-state index contributed by atoms with van der Waals surface area (Å²) in [5, 5.41) is 7.12. The van der Waals surface area contributed by atoms with Gasteiger partial charge in [0.2, 0.25) is 0 Å². The standard InChI is InChI=1S/C17H13NO/c1-19-15-9-13-14(18)8-7-11-6-5-10-3-2-4-12(15)16(10)17(11)13/h2-9H,18H2,1H3. The van der Waals surface area contributed by atoms with Gasteiger partial charge >= 0.3 is 0 Å². The topological polar surface area (TPSA) is 35.2 Å². The predicted octanol–water partition coefficient (Wildman–Crippen LogP) is 4.17. The lowest BCUT2D eigenvalue weighted by Gasteiger charge is -2.14. The summed E-state index contributed by atoms with van der Waals surface area (Å²) >= 11 is 0. The maximum atomic E-state index is 6.13. The average Bonchev–Trinajstić information content (AvgIpc) is 2.46. The summed E-state index contributed by atoms with van der Waals surface area (Å²) in [6, 6.07) is 16.7. The minimum absolute atomic E-state index is 0.795. The zero-order valence-corrected chi connectivity index (χ0v) is 10.6. The molecule has 0 bridgehead atoms. The molecular weight excluding hydrogens is 234 g/mol. The average molecular weight is 247 g/mol. The van der Waals surface area contributed by atoms with Gasteiger partial charge in [-0.2, -0.15) is 0 Å². The normalized spacial score (nSPS) is 11.6. The van der Waals surface area contributed by atoms with Crippen LogP contribution in [0.4, 0.5) is 5.69 Å². The molecule has 2 nitrogen and oxygen atoms in total. The number of methoxy groups -OCH3 is 1. The Labute approximate surface area is 110 Å². The van der Waals surface area contributed by atoms with Crippen LogP contribution in [-0.4, -0.2) is 7.11 Å². The van der Waals surface area contributed by atoms with E-state index in [2.05, 4.69) is 36.4 Å². The van der Waals surface area contributed by atoms with Gasteiger partial charge in [-0.15, -0.1) is 0 Å². The highest BCUT2D eigenvalue weighted by molar-refractivity contribution is 6.26. The minimum Gasteiger partial charge on any atom is -0.496 e. The number of rotatable bonds is 1. The first-order valence-corrected chi connectivity index (χ1v) is 6.29. The Balaban J connectivity index is 2.43. The van der Waals surface area contributed by atoms with E-state index in [1.54, 1.807) is 7.11 Å². The van der Waals surface area contributed by atoms with Crippen LogP contribution in [0, 0.1) is 0 Å². The Morgan fingerprint density at radius 2 is 1.53 bits per heavy atom. The van der Waals surface area contributed by atoms with Crippen LogP contribution in [0.15, 0.2) is 48.5 Å². The third-order valence-electron chi connectivity index (χ3n) is 3.86. The molecule has 4 rings (SSSR count). The maximum absolute atomic E-state index is 6.13. The predicted molar refractivity (Wildman–Crippen MR) is 81.1 cm³/mol. The van der Waals surface area contributed by atoms with E-state index in [4.69, 9.17) is 10.5 Å². The van der Waals surface area contributed by atoms with E-state index >= 15 is 0 Å². The van der Waals surface area contributed by atoms with Crippen LogP contribution < -0.4 is 10.5 Å². The molecule has 4 aromatic carbocycles. The van der Waals surface area contributed by atoms with Gasteiger partial charge in [0, 0.05) is 21.8 Å². The number of hydrogen-bond acceptors (Lipinski definition) is 2. The SMILES string of the molecule is COc1cc2c(N)ccc3ccc4cccc1c4c32. The minimum atomic E-state index is 0.795. The van der Waals surface area contributed by atoms with Crippen molar-refractivity contribution in [2.24, 2.45) is 0 Å². The van der Waals surface area contributed by atoms with Gasteiger partial charge in [-0.05, 0) is 28.3 Å². The maximum Gasteiger partial charge on any atom is 0.127 e. The third kappa shape index (κ3) is 1.26. The summed E-state index contributed by atoms with van der Waals surface area (Å²) in [4.78, 5) is 0. The Kier molecular flexibility index (Phi) is 1.93. The van der Waals surface area contributed by atoms with Gasteiger partial charge in [0.15, 0.2) is 0 Å². The van der Waals surface area contributed by atoms with Gasteiger partial charge in [-0.25, -0.2) is 0 Å². The molecule has 0 unspecified atom stereocenters. The van der Waals surface area contributed by atoms with Crippen molar-refractivity contribution in [1.82, 2.24) is 0 Å². The van der Waals surface area contributed by atoms with E-state index in [0.29, 0.717) is 0 Å². The molecule has 0 saturated carbocycles. The van der Waals surface area contributed by atoms with Crippen molar-refractivity contribution in [1.29, 1.82) is 0 Å². The fraction of sp³-hybridized carbons (Fsp3) is 0.0588. The Bertz CT molecular complexity index is 911. The van der Waals surface area contributed by atoms with Crippen LogP contribution in [0.3, 0.4) is 0 Å². The lowest BCUT2D eigenvalue weighted by atomic mass is 9.93. The molecule has 0 heterocycles. The smallest absolute Gasteiger partial charge is 0.127 e. The monoisotopic (exact) mass is 247 g/mol. The van der Waals surface area contributed by atoms with Crippen molar-refractivity contribution in [2.45, 2.75) is 0 Å². The highest BCUT2D eigenvalue weighted by Crippen LogP contribution is 2.41. The molecule has 0 saturated heterocycles. The van der Waals surface area contributed by atoms with Gasteiger partial charge in [0.05, 0.1) is 7.11 Å². The number of anilines is 1. The largest absolute Gasteiger partial charge is 0.496 e. The van der Waals surface area contributed by atoms with Crippen LogP contribution >= 0.6 is 0 Å². The Hall–Kier alpha value is -2.48. The fourth-order valence-electron chi connectivity index (χ4n) is 2.98. The number of ether oxygens (including phenoxy) is 1. The van der Waals surface area contributed by atoms with Crippen molar-refractivity contribution >= 4 is 38.0 Å². The number of hydrogen-bond donors (Lipinski definition) is 1. The Morgan fingerprint density at radius 1 is 0.842 bits per heavy atom. The van der Waals surface area contributed by atoms with Crippen LogP contribution in [-0.2, 0) is 0 Å². The zero-order chi connectivity index (χ0) is 13.0. The van der Waals surface area contributed by atoms with Gasteiger partial charge in [-0.3, -0.25) is 0 Å². The van der Waals surface area contributed by atoms with Crippen LogP contribution in [0.2, 0.25) is 0 Å². The number of nitrogens with two attached hydrogens (primary N) is 1. The van der Waals surface area contributed by atoms with E-state index in [1.807, 2.05) is 12.1 Å². The summed E-state index contributed by atoms with van der Waals surface area (Å²) in [5.74, 6) is 0.878. The molecule has 19 heavy (non-hydrogen) atoms. The number of benzene rings is 4. The molecule has 2 N–H and O–H groups in total. The van der Waals surface area contributed by atoms with Crippen LogP contribution in [0.1, 0.15) is 0 Å². The molecule has 0 aromatic heterocycles. The summed E-state index contributed by atoms with van der Waals surface area (Å²) in [6.07, 6.45) is 0. The second kappa shape index (κ2) is 3.51. The van der Waals surface area contributed by atoms with Gasteiger partial charge < -0.3 is 10.5 Å². The quantitative estimate of drug-likeness (QED) is 0.404. The second-order valence-corrected chi connectivity index (χ2v) is 4.85. The second-order valence-electron chi connectivity index (χ2n) is 4.85. The zero-order valence-electron chi connectivity index (χ0n) is 10.6. The molecule has 0 aliphatic rings. The summed E-state index contributed by atoms with van der Waals surface area (Å²) in [7, 11) is 1.70. The van der Waals surface area contributed by atoms with Crippen molar-refractivity contribution in [3.8, 4) is 5.75 Å². The summed E-state index contributed by atoms with van der Waals surface area (Å²) < 4.78 is 5.53. The molecule has 0 spiro atoms. The molecule has 0 amide bonds. The van der Waals surface area contributed by atoms with Crippen molar-refractivity contribution in [3.63, 3.8) is 0 Å². The lowest BCUT2D eigenvalue weighted by molar-refractivity contribution is 0.420. The van der Waals surface area contributed by atoms with Crippen molar-refractivity contribution in [2.75, 3.05) is 12.8 Å². The van der Waals surface area contributed by atoms with E-state index in [-0.39, 0.29) is 0 Å². The lowest BCUT2D eigenvalue weighted by Crippen LogP contribution is -1.92. The van der Waals surface area contributed by atoms with Crippen LogP contribution in [0.25, 0.3) is 32.3 Å². The van der Waals surface area contributed by atoms with Gasteiger partial charge in [-0.1, -0.05) is 36.4 Å². The number of nitrogen functional groups attached to an aromatic ring is 1. The van der Waals surface area contributed by atoms with Crippen molar-refractivity contribution < 1.29 is 4.74 Å². The van der Waals surface area contributed by atoms with Crippen LogP contribution in [0.5, 0.6) is 5.75 Å². The Morgan fingerprint density at radius 3 is 2.32 bits per heavy atom. The first-order valence-electron chi connectivity index (χ1n) is 6.29. The van der Waals surface area contributed by atoms with E-state index in [1.165, 1.54) is 21.5 Å². The molecule has 0 aliphatic carbocycles. The first-order chi connectivity index (χ1) is 9.29. The van der Waals surface area contributed by atoms with Gasteiger partial charge in [0.1, 0.15) is 5.75 Å². The summed E-state index contributed by atoms with van der Waals surface area (Å²) in [6.45, 7) is 0. The third-order valence-corrected chi connectivity index (χ3v) is 3.86. The van der Waals surface area contributed by atoms with Crippen molar-refractivity contribution in [3.05, 3.63) is 48.5 Å². The van der Waals surface area contributed by atoms with Gasteiger partial charge in [0.25, 0.3) is 0 Å². The molecule has 4 aromatic rings. The first kappa shape index (κ1) is 10.4. The fourth-order valence-corrected chi connectivity index (χ4v) is 2.98. The molecular formula is C17H13NO. The highest BCUT2D eigenvalue weighted by atomic mass is 16.5. The molecule has 0 fully saturated rings. The van der Waals surface area contributed by atoms with E-state index < -0.39 is 0 Å². The molecule has 0 atom stereocenters. The highest BCUT2D eigenvalue weighted by Gasteiger charge is 2.13.